The van der Waals surface area contributed by atoms with Gasteiger partial charge in [-0.3, -0.25) is 0 Å². The van der Waals surface area contributed by atoms with Gasteiger partial charge < -0.3 is 9.14 Å². The number of carbonyl (C=O) groups excluding carboxylic acids is 1. The molecular weight excluding hydrogens is 260 g/mol. The number of pyridine rings is 1. The summed E-state index contributed by atoms with van der Waals surface area (Å²) in [5.74, 6) is -0.357. The summed E-state index contributed by atoms with van der Waals surface area (Å²) in [6.45, 7) is 1.90. The Hall–Kier alpha value is -1.36. The minimum absolute atomic E-state index is 0.357. The average Bonchev–Trinajstić information content (AvgIpc) is 2.58. The van der Waals surface area contributed by atoms with E-state index in [1.54, 1.807) is 16.7 Å². The van der Waals surface area contributed by atoms with Crippen molar-refractivity contribution in [1.29, 1.82) is 0 Å². The Bertz CT molecular complexity index is 533. The molecule has 0 fully saturated rings. The predicted octanol–water partition coefficient (Wildman–Crippen LogP) is 2.19. The van der Waals surface area contributed by atoms with Gasteiger partial charge in [-0.05, 0) is 28.9 Å². The highest BCUT2D eigenvalue weighted by molar-refractivity contribution is 9.10. The molecule has 0 N–H and O–H groups in total. The number of hydrogen-bond acceptors (Lipinski definition) is 3. The number of ether oxygens (including phenoxy) is 1. The monoisotopic (exact) mass is 268 g/mol. The number of methoxy groups -OCH3 is 1. The Balaban J connectivity index is 2.66. The third-order valence-electron chi connectivity index (χ3n) is 2.05. The number of aryl methyl sites for hydroxylation is 1. The van der Waals surface area contributed by atoms with Gasteiger partial charge in [-0.25, -0.2) is 9.78 Å². The third kappa shape index (κ3) is 1.74. The maximum atomic E-state index is 11.3. The highest BCUT2D eigenvalue weighted by Gasteiger charge is 2.10. The van der Waals surface area contributed by atoms with E-state index in [0.717, 1.165) is 15.8 Å². The van der Waals surface area contributed by atoms with E-state index >= 15 is 0 Å². The van der Waals surface area contributed by atoms with Crippen molar-refractivity contribution in [3.05, 3.63) is 34.2 Å². The van der Waals surface area contributed by atoms with Crippen molar-refractivity contribution in [1.82, 2.24) is 9.38 Å². The lowest BCUT2D eigenvalue weighted by atomic mass is 10.3. The van der Waals surface area contributed by atoms with Crippen LogP contribution in [0.2, 0.25) is 0 Å². The fraction of sp³-hybridized carbons (Fsp3) is 0.200. The molecule has 2 rings (SSSR count). The van der Waals surface area contributed by atoms with Crippen LogP contribution < -0.4 is 0 Å². The third-order valence-corrected chi connectivity index (χ3v) is 2.63. The van der Waals surface area contributed by atoms with Crippen molar-refractivity contribution in [3.8, 4) is 0 Å². The Labute approximate surface area is 95.0 Å². The zero-order chi connectivity index (χ0) is 11.0. The van der Waals surface area contributed by atoms with Crippen LogP contribution in [0.3, 0.4) is 0 Å². The van der Waals surface area contributed by atoms with Crippen LogP contribution >= 0.6 is 15.9 Å². The van der Waals surface area contributed by atoms with Gasteiger partial charge in [-0.15, -0.1) is 0 Å². The molecule has 0 aliphatic carbocycles. The number of halogens is 1. The predicted molar refractivity (Wildman–Crippen MR) is 59.0 cm³/mol. The lowest BCUT2D eigenvalue weighted by molar-refractivity contribution is 0.0600. The molecule has 0 saturated heterocycles. The second kappa shape index (κ2) is 3.66. The number of esters is 1. The van der Waals surface area contributed by atoms with E-state index in [-0.39, 0.29) is 5.97 Å². The van der Waals surface area contributed by atoms with E-state index in [1.807, 2.05) is 13.1 Å². The molecule has 0 amide bonds. The summed E-state index contributed by atoms with van der Waals surface area (Å²) >= 11 is 3.37. The Morgan fingerprint density at radius 1 is 1.53 bits per heavy atom. The van der Waals surface area contributed by atoms with Crippen LogP contribution in [0.1, 0.15) is 16.1 Å². The van der Waals surface area contributed by atoms with Crippen LogP contribution in [0, 0.1) is 6.92 Å². The summed E-state index contributed by atoms with van der Waals surface area (Å²) in [4.78, 5) is 15.6. The van der Waals surface area contributed by atoms with Gasteiger partial charge in [0.25, 0.3) is 0 Å². The van der Waals surface area contributed by atoms with E-state index in [0.29, 0.717) is 5.56 Å². The molecule has 0 radical (unpaired) electrons. The van der Waals surface area contributed by atoms with Crippen molar-refractivity contribution in [2.75, 3.05) is 7.11 Å². The number of hydrogen-bond donors (Lipinski definition) is 0. The van der Waals surface area contributed by atoms with Gasteiger partial charge in [-0.1, -0.05) is 0 Å². The van der Waals surface area contributed by atoms with Gasteiger partial charge in [0.2, 0.25) is 0 Å². The zero-order valence-electron chi connectivity index (χ0n) is 8.32. The van der Waals surface area contributed by atoms with Crippen LogP contribution in [-0.2, 0) is 4.74 Å². The summed E-state index contributed by atoms with van der Waals surface area (Å²) in [6.07, 6.45) is 3.55. The molecule has 0 atom stereocenters. The molecule has 2 aromatic heterocycles. The maximum Gasteiger partial charge on any atom is 0.339 e. The van der Waals surface area contributed by atoms with Gasteiger partial charge >= 0.3 is 5.97 Å². The molecule has 0 saturated carbocycles. The SMILES string of the molecule is COC(=O)c1cc(Br)c2nc(C)cn2c1. The fourth-order valence-corrected chi connectivity index (χ4v) is 1.95. The van der Waals surface area contributed by atoms with Gasteiger partial charge in [0.05, 0.1) is 22.8 Å². The van der Waals surface area contributed by atoms with Gasteiger partial charge in [0.15, 0.2) is 5.65 Å². The minimum Gasteiger partial charge on any atom is -0.465 e. The number of aromatic nitrogens is 2. The van der Waals surface area contributed by atoms with Gasteiger partial charge in [-0.2, -0.15) is 0 Å². The first-order chi connectivity index (χ1) is 7.11. The second-order valence-corrected chi connectivity index (χ2v) is 4.04. The van der Waals surface area contributed by atoms with Gasteiger partial charge in [0.1, 0.15) is 0 Å². The Morgan fingerprint density at radius 3 is 2.93 bits per heavy atom. The molecule has 2 heterocycles. The van der Waals surface area contributed by atoms with Crippen LogP contribution in [0.4, 0.5) is 0 Å². The summed E-state index contributed by atoms with van der Waals surface area (Å²) in [5, 5.41) is 0. The fourth-order valence-electron chi connectivity index (χ4n) is 1.41. The maximum absolute atomic E-state index is 11.3. The Morgan fingerprint density at radius 2 is 2.27 bits per heavy atom. The smallest absolute Gasteiger partial charge is 0.339 e. The second-order valence-electron chi connectivity index (χ2n) is 3.18. The van der Waals surface area contributed by atoms with E-state index in [9.17, 15) is 4.79 Å². The van der Waals surface area contributed by atoms with Crippen molar-refractivity contribution >= 4 is 27.5 Å². The molecule has 5 heteroatoms. The highest BCUT2D eigenvalue weighted by atomic mass is 79.9. The van der Waals surface area contributed by atoms with Crippen LogP contribution in [0.15, 0.2) is 22.9 Å². The van der Waals surface area contributed by atoms with E-state index in [2.05, 4.69) is 25.7 Å². The first-order valence-electron chi connectivity index (χ1n) is 4.35. The number of carbonyl (C=O) groups is 1. The van der Waals surface area contributed by atoms with Crippen LogP contribution in [0.25, 0.3) is 5.65 Å². The van der Waals surface area contributed by atoms with Crippen molar-refractivity contribution < 1.29 is 9.53 Å². The number of imidazole rings is 1. The largest absolute Gasteiger partial charge is 0.465 e. The van der Waals surface area contributed by atoms with Crippen molar-refractivity contribution in [2.24, 2.45) is 0 Å². The summed E-state index contributed by atoms with van der Waals surface area (Å²) in [6, 6.07) is 1.70. The Kier molecular flexibility index (Phi) is 2.48. The summed E-state index contributed by atoms with van der Waals surface area (Å²) < 4.78 is 7.23. The number of nitrogens with zero attached hydrogens (tertiary/aromatic N) is 2. The molecule has 78 valence electrons. The normalized spacial score (nSPS) is 10.6. The lowest BCUT2D eigenvalue weighted by Gasteiger charge is -2.01. The number of fused-ring (bicyclic) bond motifs is 1. The molecule has 2 aromatic rings. The molecule has 0 aliphatic heterocycles. The molecule has 0 aliphatic rings. The summed E-state index contributed by atoms with van der Waals surface area (Å²) in [5.41, 5.74) is 2.19. The van der Waals surface area contributed by atoms with Crippen LogP contribution in [-0.4, -0.2) is 22.5 Å². The molecule has 15 heavy (non-hydrogen) atoms. The zero-order valence-corrected chi connectivity index (χ0v) is 9.91. The highest BCUT2D eigenvalue weighted by Crippen LogP contribution is 2.19. The number of rotatable bonds is 1. The van der Waals surface area contributed by atoms with Crippen molar-refractivity contribution in [2.45, 2.75) is 6.92 Å². The molecule has 4 nitrogen and oxygen atoms in total. The van der Waals surface area contributed by atoms with Gasteiger partial charge in [0, 0.05) is 12.4 Å². The molecule has 0 unspecified atom stereocenters. The van der Waals surface area contributed by atoms with E-state index in [1.165, 1.54) is 7.11 Å². The van der Waals surface area contributed by atoms with E-state index in [4.69, 9.17) is 0 Å². The van der Waals surface area contributed by atoms with Crippen molar-refractivity contribution in [3.63, 3.8) is 0 Å². The topological polar surface area (TPSA) is 43.6 Å². The summed E-state index contributed by atoms with van der Waals surface area (Å²) in [7, 11) is 1.36. The molecule has 0 bridgehead atoms. The van der Waals surface area contributed by atoms with E-state index < -0.39 is 0 Å². The quantitative estimate of drug-likeness (QED) is 0.745. The first kappa shape index (κ1) is 10.2. The first-order valence-corrected chi connectivity index (χ1v) is 5.14. The standard InChI is InChI=1S/C10H9BrN2O2/c1-6-4-13-5-7(10(14)15-2)3-8(11)9(13)12-6/h3-5H,1-2H3. The minimum atomic E-state index is -0.357. The molecule has 0 aromatic carbocycles. The molecule has 0 spiro atoms. The molecular formula is C10H9BrN2O2. The average molecular weight is 269 g/mol. The lowest BCUT2D eigenvalue weighted by Crippen LogP contribution is -2.03. The van der Waals surface area contributed by atoms with Crippen LogP contribution in [0.5, 0.6) is 0 Å².